The van der Waals surface area contributed by atoms with Gasteiger partial charge in [-0.3, -0.25) is 0 Å². The van der Waals surface area contributed by atoms with Gasteiger partial charge in [0.2, 0.25) is 0 Å². The SMILES string of the molecule is C[C@H](Oc1ccc(Nc2ncnc3cc(C#C[C@H]4CCCN4)sc23)cc1Cl)c1cccc(F)c1. The van der Waals surface area contributed by atoms with Crippen molar-refractivity contribution in [1.29, 1.82) is 0 Å². The Morgan fingerprint density at radius 1 is 1.24 bits per heavy atom. The van der Waals surface area contributed by atoms with E-state index in [0.717, 1.165) is 39.3 Å². The molecule has 1 saturated heterocycles. The number of nitrogens with one attached hydrogen (secondary N) is 2. The highest BCUT2D eigenvalue weighted by Crippen LogP contribution is 2.34. The van der Waals surface area contributed by atoms with Gasteiger partial charge in [0.1, 0.15) is 24.0 Å². The highest BCUT2D eigenvalue weighted by molar-refractivity contribution is 7.20. The molecule has 34 heavy (non-hydrogen) atoms. The standard InChI is InChI=1S/C26H22ClFN4OS/c1-16(17-4-2-5-18(28)12-17)33-24-10-8-20(13-22(24)27)32-26-25-23(30-15-31-26)14-21(34-25)9-7-19-6-3-11-29-19/h2,4-5,8,10,12-16,19,29H,3,6,11H2,1H3,(H,30,31,32)/t16-,19+/m0/s1. The molecule has 0 unspecified atom stereocenters. The average molecular weight is 493 g/mol. The molecule has 5 rings (SSSR count). The molecule has 0 amide bonds. The Morgan fingerprint density at radius 2 is 2.15 bits per heavy atom. The second-order valence-electron chi connectivity index (χ2n) is 8.05. The van der Waals surface area contributed by atoms with E-state index in [1.165, 1.54) is 24.9 Å². The topological polar surface area (TPSA) is 59.1 Å². The van der Waals surface area contributed by atoms with Crippen LogP contribution >= 0.6 is 22.9 Å². The second kappa shape index (κ2) is 9.98. The minimum Gasteiger partial charge on any atom is -0.484 e. The van der Waals surface area contributed by atoms with Gasteiger partial charge < -0.3 is 15.4 Å². The van der Waals surface area contributed by atoms with E-state index in [0.29, 0.717) is 16.6 Å². The van der Waals surface area contributed by atoms with E-state index in [1.54, 1.807) is 29.5 Å². The van der Waals surface area contributed by atoms with Crippen LogP contribution in [0.3, 0.4) is 0 Å². The number of nitrogens with zero attached hydrogens (tertiary/aromatic N) is 2. The number of hydrogen-bond donors (Lipinski definition) is 2. The summed E-state index contributed by atoms with van der Waals surface area (Å²) in [5, 5.41) is 7.16. The summed E-state index contributed by atoms with van der Waals surface area (Å²) in [7, 11) is 0. The Labute approximate surface area is 206 Å². The summed E-state index contributed by atoms with van der Waals surface area (Å²) in [5.41, 5.74) is 2.36. The van der Waals surface area contributed by atoms with Crippen molar-refractivity contribution >= 4 is 44.7 Å². The van der Waals surface area contributed by atoms with Gasteiger partial charge >= 0.3 is 0 Å². The van der Waals surface area contributed by atoms with Crippen LogP contribution in [0, 0.1) is 17.7 Å². The van der Waals surface area contributed by atoms with Crippen LogP contribution in [0.1, 0.15) is 36.3 Å². The van der Waals surface area contributed by atoms with E-state index < -0.39 is 0 Å². The monoisotopic (exact) mass is 492 g/mol. The lowest BCUT2D eigenvalue weighted by atomic mass is 10.1. The second-order valence-corrected chi connectivity index (χ2v) is 9.51. The highest BCUT2D eigenvalue weighted by Gasteiger charge is 2.14. The molecule has 0 bridgehead atoms. The number of hydrogen-bond acceptors (Lipinski definition) is 6. The molecule has 0 spiro atoms. The first-order chi connectivity index (χ1) is 16.5. The smallest absolute Gasteiger partial charge is 0.151 e. The zero-order chi connectivity index (χ0) is 23.5. The summed E-state index contributed by atoms with van der Waals surface area (Å²) in [5.74, 6) is 7.48. The van der Waals surface area contributed by atoms with Crippen molar-refractivity contribution in [2.45, 2.75) is 31.9 Å². The Hall–Kier alpha value is -3.18. The maximum atomic E-state index is 13.5. The zero-order valence-corrected chi connectivity index (χ0v) is 20.0. The molecule has 1 aliphatic rings. The van der Waals surface area contributed by atoms with E-state index >= 15 is 0 Å². The number of anilines is 2. The van der Waals surface area contributed by atoms with Gasteiger partial charge in [-0.2, -0.15) is 0 Å². The number of ether oxygens (including phenoxy) is 1. The molecule has 3 heterocycles. The fourth-order valence-electron chi connectivity index (χ4n) is 3.80. The minimum absolute atomic E-state index is 0.264. The number of benzene rings is 2. The molecule has 2 aromatic carbocycles. The van der Waals surface area contributed by atoms with Gasteiger partial charge in [0.15, 0.2) is 5.82 Å². The van der Waals surface area contributed by atoms with Crippen LogP contribution in [-0.4, -0.2) is 22.6 Å². The molecule has 2 atom stereocenters. The third-order valence-corrected chi connectivity index (χ3v) is 6.90. The Bertz CT molecular complexity index is 1390. The summed E-state index contributed by atoms with van der Waals surface area (Å²) in [6.07, 6.45) is 3.44. The van der Waals surface area contributed by atoms with Crippen molar-refractivity contribution in [3.63, 3.8) is 0 Å². The highest BCUT2D eigenvalue weighted by atomic mass is 35.5. The third kappa shape index (κ3) is 5.15. The maximum Gasteiger partial charge on any atom is 0.151 e. The van der Waals surface area contributed by atoms with Crippen molar-refractivity contribution in [3.05, 3.63) is 76.1 Å². The minimum atomic E-state index is -0.349. The first-order valence-corrected chi connectivity index (χ1v) is 12.2. The van der Waals surface area contributed by atoms with Crippen LogP contribution < -0.4 is 15.4 Å². The Kier molecular flexibility index (Phi) is 6.63. The lowest BCUT2D eigenvalue weighted by Gasteiger charge is -2.17. The van der Waals surface area contributed by atoms with Crippen LogP contribution in [-0.2, 0) is 0 Å². The fraction of sp³-hybridized carbons (Fsp3) is 0.231. The first-order valence-electron chi connectivity index (χ1n) is 11.0. The van der Waals surface area contributed by atoms with Crippen molar-refractivity contribution in [2.75, 3.05) is 11.9 Å². The van der Waals surface area contributed by atoms with Gasteiger partial charge in [0.05, 0.1) is 26.2 Å². The summed E-state index contributed by atoms with van der Waals surface area (Å²) >= 11 is 8.05. The molecule has 0 radical (unpaired) electrons. The molecule has 4 aromatic rings. The van der Waals surface area contributed by atoms with Gasteiger partial charge in [-0.1, -0.05) is 35.6 Å². The van der Waals surface area contributed by atoms with Crippen molar-refractivity contribution in [2.24, 2.45) is 0 Å². The molecule has 1 fully saturated rings. The largest absolute Gasteiger partial charge is 0.484 e. The molecule has 1 aliphatic heterocycles. The molecule has 2 N–H and O–H groups in total. The van der Waals surface area contributed by atoms with Crippen molar-refractivity contribution < 1.29 is 9.13 Å². The molecule has 5 nitrogen and oxygen atoms in total. The lowest BCUT2D eigenvalue weighted by molar-refractivity contribution is 0.226. The van der Waals surface area contributed by atoms with Gasteiger partial charge in [-0.25, -0.2) is 14.4 Å². The lowest BCUT2D eigenvalue weighted by Crippen LogP contribution is -2.18. The van der Waals surface area contributed by atoms with E-state index in [2.05, 4.69) is 32.4 Å². The Morgan fingerprint density at radius 3 is 2.94 bits per heavy atom. The van der Waals surface area contributed by atoms with Crippen molar-refractivity contribution in [1.82, 2.24) is 15.3 Å². The van der Waals surface area contributed by atoms with E-state index in [1.807, 2.05) is 25.1 Å². The summed E-state index contributed by atoms with van der Waals surface area (Å²) in [6, 6.07) is 14.0. The normalized spacial score (nSPS) is 16.1. The molecular weight excluding hydrogens is 471 g/mol. The van der Waals surface area contributed by atoms with Gasteiger partial charge in [0.25, 0.3) is 0 Å². The zero-order valence-electron chi connectivity index (χ0n) is 18.4. The average Bonchev–Trinajstić information content (AvgIpc) is 3.49. The van der Waals surface area contributed by atoms with Crippen LogP contribution in [0.25, 0.3) is 10.2 Å². The maximum absolute atomic E-state index is 13.5. The number of aromatic nitrogens is 2. The van der Waals surface area contributed by atoms with Crippen LogP contribution in [0.5, 0.6) is 5.75 Å². The third-order valence-electron chi connectivity index (χ3n) is 5.56. The molecule has 8 heteroatoms. The van der Waals surface area contributed by atoms with Crippen molar-refractivity contribution in [3.8, 4) is 17.6 Å². The Balaban J connectivity index is 1.33. The van der Waals surface area contributed by atoms with Gasteiger partial charge in [-0.15, -0.1) is 11.3 Å². The number of rotatable bonds is 5. The van der Waals surface area contributed by atoms with Crippen LogP contribution in [0.2, 0.25) is 5.02 Å². The molecule has 2 aromatic heterocycles. The summed E-state index contributed by atoms with van der Waals surface area (Å²) in [6.45, 7) is 2.89. The van der Waals surface area contributed by atoms with E-state index in [9.17, 15) is 4.39 Å². The quantitative estimate of drug-likeness (QED) is 0.313. The molecule has 0 aliphatic carbocycles. The predicted molar refractivity (Wildman–Crippen MR) is 135 cm³/mol. The summed E-state index contributed by atoms with van der Waals surface area (Å²) < 4.78 is 20.4. The number of thiophene rings is 1. The molecule has 172 valence electrons. The van der Waals surface area contributed by atoms with Crippen LogP contribution in [0.15, 0.2) is 54.9 Å². The first kappa shape index (κ1) is 22.6. The summed E-state index contributed by atoms with van der Waals surface area (Å²) in [4.78, 5) is 9.76. The van der Waals surface area contributed by atoms with Crippen LogP contribution in [0.4, 0.5) is 15.9 Å². The van der Waals surface area contributed by atoms with E-state index in [-0.39, 0.29) is 18.0 Å². The molecular formula is C26H22ClFN4OS. The predicted octanol–water partition coefficient (Wildman–Crippen LogP) is 6.47. The number of fused-ring (bicyclic) bond motifs is 1. The number of halogens is 2. The van der Waals surface area contributed by atoms with E-state index in [4.69, 9.17) is 16.3 Å². The molecule has 0 saturated carbocycles. The van der Waals surface area contributed by atoms with Gasteiger partial charge in [-0.05, 0) is 68.3 Å². The fourth-order valence-corrected chi connectivity index (χ4v) is 4.94. The van der Waals surface area contributed by atoms with Gasteiger partial charge in [0, 0.05) is 5.69 Å².